The molecule has 0 bridgehead atoms. The second-order valence-corrected chi connectivity index (χ2v) is 6.45. The van der Waals surface area contributed by atoms with E-state index in [0.29, 0.717) is 11.9 Å². The highest BCUT2D eigenvalue weighted by Crippen LogP contribution is 2.20. The summed E-state index contributed by atoms with van der Waals surface area (Å²) in [7, 11) is 0. The van der Waals surface area contributed by atoms with Crippen LogP contribution < -0.4 is 10.6 Å². The first-order valence-electron chi connectivity index (χ1n) is 7.34. The average Bonchev–Trinajstić information content (AvgIpc) is 2.69. The zero-order valence-electron chi connectivity index (χ0n) is 13.1. The van der Waals surface area contributed by atoms with E-state index in [1.807, 2.05) is 20.8 Å². The Morgan fingerprint density at radius 3 is 2.67 bits per heavy atom. The Bertz CT molecular complexity index is 475. The Balaban J connectivity index is 1.56. The molecule has 1 amide bonds. The summed E-state index contributed by atoms with van der Waals surface area (Å²) in [6.07, 6.45) is 2.25. The van der Waals surface area contributed by atoms with Crippen LogP contribution in [0.15, 0.2) is 4.52 Å². The highest BCUT2D eigenvalue weighted by molar-refractivity contribution is 5.68. The van der Waals surface area contributed by atoms with Crippen LogP contribution in [0.2, 0.25) is 0 Å². The Morgan fingerprint density at radius 2 is 2.10 bits per heavy atom. The number of rotatable bonds is 5. The molecule has 0 radical (unpaired) electrons. The third-order valence-electron chi connectivity index (χ3n) is 3.21. The summed E-state index contributed by atoms with van der Waals surface area (Å²) in [4.78, 5) is 15.7. The van der Waals surface area contributed by atoms with E-state index in [1.54, 1.807) is 6.92 Å². The summed E-state index contributed by atoms with van der Waals surface area (Å²) < 4.78 is 10.1. The molecular formula is C14H24N4O3. The van der Waals surface area contributed by atoms with Crippen molar-refractivity contribution in [3.05, 3.63) is 11.7 Å². The van der Waals surface area contributed by atoms with Crippen LogP contribution in [-0.4, -0.2) is 40.5 Å². The lowest BCUT2D eigenvalue weighted by Crippen LogP contribution is -2.53. The molecule has 118 valence electrons. The number of hydrogen-bond donors (Lipinski definition) is 2. The van der Waals surface area contributed by atoms with Gasteiger partial charge in [0.1, 0.15) is 5.60 Å². The minimum absolute atomic E-state index is 0.199. The summed E-state index contributed by atoms with van der Waals surface area (Å²) in [5.41, 5.74) is -0.450. The van der Waals surface area contributed by atoms with Crippen LogP contribution in [0, 0.1) is 6.92 Å². The lowest BCUT2D eigenvalue weighted by molar-refractivity contribution is 0.0465. The number of aromatic nitrogens is 2. The Morgan fingerprint density at radius 1 is 1.38 bits per heavy atom. The molecule has 7 nitrogen and oxygen atoms in total. The van der Waals surface area contributed by atoms with E-state index in [9.17, 15) is 4.79 Å². The molecule has 1 heterocycles. The molecule has 1 fully saturated rings. The van der Waals surface area contributed by atoms with Crippen molar-refractivity contribution in [3.63, 3.8) is 0 Å². The average molecular weight is 296 g/mol. The quantitative estimate of drug-likeness (QED) is 0.857. The summed E-state index contributed by atoms with van der Waals surface area (Å²) in [5.74, 6) is 1.32. The molecule has 0 aromatic carbocycles. The van der Waals surface area contributed by atoms with Crippen LogP contribution in [0.5, 0.6) is 0 Å². The summed E-state index contributed by atoms with van der Waals surface area (Å²) in [6, 6.07) is 0.628. The predicted molar refractivity (Wildman–Crippen MR) is 76.9 cm³/mol. The van der Waals surface area contributed by atoms with E-state index in [2.05, 4.69) is 20.8 Å². The second-order valence-electron chi connectivity index (χ2n) is 6.45. The maximum absolute atomic E-state index is 11.6. The Hall–Kier alpha value is -1.63. The van der Waals surface area contributed by atoms with Crippen molar-refractivity contribution in [2.24, 2.45) is 0 Å². The molecule has 0 spiro atoms. The molecule has 0 aliphatic heterocycles. The van der Waals surface area contributed by atoms with Crippen LogP contribution in [0.3, 0.4) is 0 Å². The van der Waals surface area contributed by atoms with Gasteiger partial charge in [0.25, 0.3) is 0 Å². The fraction of sp³-hybridized carbons (Fsp3) is 0.786. The topological polar surface area (TPSA) is 89.3 Å². The standard InChI is InChI=1S/C14H24N4O3/c1-9-16-12(18-21-9)5-6-15-10-7-11(8-10)17-13(19)20-14(2,3)4/h10-11,15H,5-8H2,1-4H3,(H,17,19). The number of hydrogen-bond acceptors (Lipinski definition) is 6. The number of ether oxygens (including phenoxy) is 1. The normalized spacial score (nSPS) is 21.7. The van der Waals surface area contributed by atoms with Crippen molar-refractivity contribution in [1.29, 1.82) is 0 Å². The van der Waals surface area contributed by atoms with Gasteiger partial charge in [-0.05, 0) is 33.6 Å². The van der Waals surface area contributed by atoms with E-state index in [4.69, 9.17) is 9.26 Å². The molecule has 0 atom stereocenters. The molecule has 1 aromatic heterocycles. The highest BCUT2D eigenvalue weighted by atomic mass is 16.6. The molecule has 21 heavy (non-hydrogen) atoms. The van der Waals surface area contributed by atoms with Crippen molar-refractivity contribution >= 4 is 6.09 Å². The first-order valence-corrected chi connectivity index (χ1v) is 7.34. The molecule has 1 saturated carbocycles. The summed E-state index contributed by atoms with van der Waals surface area (Å²) in [5, 5.41) is 10.1. The number of alkyl carbamates (subject to hydrolysis) is 1. The maximum Gasteiger partial charge on any atom is 0.407 e. The fourth-order valence-electron chi connectivity index (χ4n) is 2.21. The lowest BCUT2D eigenvalue weighted by Gasteiger charge is -2.36. The maximum atomic E-state index is 11.6. The summed E-state index contributed by atoms with van der Waals surface area (Å²) >= 11 is 0. The molecule has 7 heteroatoms. The third kappa shape index (κ3) is 5.34. The molecular weight excluding hydrogens is 272 g/mol. The fourth-order valence-corrected chi connectivity index (χ4v) is 2.21. The first-order chi connectivity index (χ1) is 9.82. The van der Waals surface area contributed by atoms with Gasteiger partial charge < -0.3 is 19.9 Å². The Labute approximate surface area is 124 Å². The third-order valence-corrected chi connectivity index (χ3v) is 3.21. The van der Waals surface area contributed by atoms with Gasteiger partial charge in [-0.1, -0.05) is 5.16 Å². The van der Waals surface area contributed by atoms with Crippen molar-refractivity contribution in [2.75, 3.05) is 6.54 Å². The SMILES string of the molecule is Cc1nc(CCNC2CC(NC(=O)OC(C)(C)C)C2)no1. The minimum Gasteiger partial charge on any atom is -0.444 e. The van der Waals surface area contributed by atoms with Gasteiger partial charge in [0.2, 0.25) is 5.89 Å². The van der Waals surface area contributed by atoms with Crippen LogP contribution in [0.1, 0.15) is 45.3 Å². The van der Waals surface area contributed by atoms with Gasteiger partial charge in [-0.2, -0.15) is 4.98 Å². The van der Waals surface area contributed by atoms with E-state index in [0.717, 1.165) is 31.6 Å². The van der Waals surface area contributed by atoms with Gasteiger partial charge in [0.05, 0.1) is 0 Å². The molecule has 1 aliphatic rings. The van der Waals surface area contributed by atoms with Crippen molar-refractivity contribution in [2.45, 2.75) is 64.6 Å². The lowest BCUT2D eigenvalue weighted by atomic mass is 9.87. The smallest absolute Gasteiger partial charge is 0.407 e. The number of nitrogens with zero attached hydrogens (tertiary/aromatic N) is 2. The Kier molecular flexibility index (Phi) is 4.82. The molecule has 2 N–H and O–H groups in total. The van der Waals surface area contributed by atoms with Crippen LogP contribution in [0.25, 0.3) is 0 Å². The van der Waals surface area contributed by atoms with E-state index >= 15 is 0 Å². The summed E-state index contributed by atoms with van der Waals surface area (Å²) in [6.45, 7) is 8.16. The van der Waals surface area contributed by atoms with Crippen LogP contribution >= 0.6 is 0 Å². The zero-order valence-corrected chi connectivity index (χ0v) is 13.1. The van der Waals surface area contributed by atoms with E-state index < -0.39 is 5.60 Å². The molecule has 0 unspecified atom stereocenters. The van der Waals surface area contributed by atoms with Crippen LogP contribution in [-0.2, 0) is 11.2 Å². The van der Waals surface area contributed by atoms with Crippen molar-refractivity contribution < 1.29 is 14.1 Å². The van der Waals surface area contributed by atoms with Gasteiger partial charge in [-0.3, -0.25) is 0 Å². The number of amides is 1. The van der Waals surface area contributed by atoms with Crippen molar-refractivity contribution in [3.8, 4) is 0 Å². The van der Waals surface area contributed by atoms with E-state index in [-0.39, 0.29) is 12.1 Å². The number of carbonyl (C=O) groups is 1. The molecule has 2 rings (SSSR count). The number of carbonyl (C=O) groups excluding carboxylic acids is 1. The second kappa shape index (κ2) is 6.43. The predicted octanol–water partition coefficient (Wildman–Crippen LogP) is 1.57. The molecule has 0 saturated heterocycles. The van der Waals surface area contributed by atoms with Gasteiger partial charge in [-0.15, -0.1) is 0 Å². The van der Waals surface area contributed by atoms with Gasteiger partial charge in [-0.25, -0.2) is 4.79 Å². The van der Waals surface area contributed by atoms with Crippen molar-refractivity contribution in [1.82, 2.24) is 20.8 Å². The number of aryl methyl sites for hydroxylation is 1. The van der Waals surface area contributed by atoms with Gasteiger partial charge in [0.15, 0.2) is 5.82 Å². The first kappa shape index (κ1) is 15.8. The largest absolute Gasteiger partial charge is 0.444 e. The zero-order chi connectivity index (χ0) is 15.5. The molecule has 1 aliphatic carbocycles. The highest BCUT2D eigenvalue weighted by Gasteiger charge is 2.31. The molecule has 1 aromatic rings. The number of nitrogens with one attached hydrogen (secondary N) is 2. The van der Waals surface area contributed by atoms with Gasteiger partial charge >= 0.3 is 6.09 Å². The van der Waals surface area contributed by atoms with E-state index in [1.165, 1.54) is 0 Å². The van der Waals surface area contributed by atoms with Crippen LogP contribution in [0.4, 0.5) is 4.79 Å². The van der Waals surface area contributed by atoms with Gasteiger partial charge in [0, 0.05) is 32.0 Å². The minimum atomic E-state index is -0.450. The monoisotopic (exact) mass is 296 g/mol.